The van der Waals surface area contributed by atoms with Crippen LogP contribution in [-0.2, 0) is 16.1 Å². The third kappa shape index (κ3) is 4.71. The number of thioether (sulfide) groups is 1. The molecule has 0 saturated carbocycles. The molecular formula is C21H24N4O2S2. The number of benzene rings is 1. The van der Waals surface area contributed by atoms with E-state index in [1.165, 1.54) is 11.8 Å². The second-order valence-electron chi connectivity index (χ2n) is 6.79. The summed E-state index contributed by atoms with van der Waals surface area (Å²) in [6, 6.07) is 13.8. The number of carbonyl (C=O) groups is 1. The predicted octanol–water partition coefficient (Wildman–Crippen LogP) is 4.33. The number of thiophene rings is 1. The smallest absolute Gasteiger partial charge is 0.237 e. The van der Waals surface area contributed by atoms with Crippen LogP contribution in [0.1, 0.15) is 19.8 Å². The number of rotatable bonds is 8. The molecule has 0 aliphatic carbocycles. The highest BCUT2D eigenvalue weighted by atomic mass is 32.2. The number of hydrogen-bond donors (Lipinski definition) is 0. The number of ether oxygens (including phenoxy) is 1. The number of anilines is 1. The molecule has 0 radical (unpaired) electrons. The summed E-state index contributed by atoms with van der Waals surface area (Å²) in [6.45, 7) is 4.15. The molecule has 29 heavy (non-hydrogen) atoms. The van der Waals surface area contributed by atoms with Crippen molar-refractivity contribution in [2.75, 3.05) is 23.8 Å². The normalized spacial score (nSPS) is 16.2. The van der Waals surface area contributed by atoms with Gasteiger partial charge in [0.15, 0.2) is 11.0 Å². The standard InChI is InChI=1S/C21H24N4O2S2/c1-2-24(16-8-4-3-5-9-16)19(26)15-29-21-23-22-20(18-11-7-13-28-18)25(21)14-17-10-6-12-27-17/h3-5,7-9,11,13,17H,2,6,10,12,14-15H2,1H3. The summed E-state index contributed by atoms with van der Waals surface area (Å²) < 4.78 is 7.94. The minimum Gasteiger partial charge on any atom is -0.376 e. The molecule has 1 amide bonds. The van der Waals surface area contributed by atoms with Gasteiger partial charge in [0.25, 0.3) is 0 Å². The fraction of sp³-hybridized carbons (Fsp3) is 0.381. The summed E-state index contributed by atoms with van der Waals surface area (Å²) in [5.74, 6) is 1.23. The lowest BCUT2D eigenvalue weighted by Crippen LogP contribution is -2.32. The molecule has 2 aromatic heterocycles. The highest BCUT2D eigenvalue weighted by Crippen LogP contribution is 2.29. The monoisotopic (exact) mass is 428 g/mol. The van der Waals surface area contributed by atoms with E-state index in [4.69, 9.17) is 4.74 Å². The van der Waals surface area contributed by atoms with Gasteiger partial charge in [-0.2, -0.15) is 0 Å². The minimum atomic E-state index is 0.0630. The quantitative estimate of drug-likeness (QED) is 0.500. The Kier molecular flexibility index (Phi) is 6.63. The second-order valence-corrected chi connectivity index (χ2v) is 8.68. The molecule has 1 aliphatic rings. The van der Waals surface area contributed by atoms with Crippen LogP contribution in [0.25, 0.3) is 10.7 Å². The van der Waals surface area contributed by atoms with E-state index in [0.29, 0.717) is 18.8 Å². The van der Waals surface area contributed by atoms with E-state index in [2.05, 4.69) is 20.8 Å². The first kappa shape index (κ1) is 20.1. The number of hydrogen-bond acceptors (Lipinski definition) is 6. The Hall–Kier alpha value is -2.16. The van der Waals surface area contributed by atoms with Gasteiger partial charge in [-0.3, -0.25) is 9.36 Å². The van der Waals surface area contributed by atoms with Crippen molar-refractivity contribution in [2.24, 2.45) is 0 Å². The molecule has 1 aromatic carbocycles. The summed E-state index contributed by atoms with van der Waals surface area (Å²) >= 11 is 3.09. The first-order valence-electron chi connectivity index (χ1n) is 9.83. The molecule has 6 nitrogen and oxygen atoms in total. The van der Waals surface area contributed by atoms with E-state index < -0.39 is 0 Å². The Labute approximate surface area is 178 Å². The van der Waals surface area contributed by atoms with Crippen LogP contribution < -0.4 is 4.90 Å². The first-order valence-corrected chi connectivity index (χ1v) is 11.7. The number of amides is 1. The number of nitrogens with zero attached hydrogens (tertiary/aromatic N) is 4. The van der Waals surface area contributed by atoms with Gasteiger partial charge in [-0.05, 0) is 43.3 Å². The summed E-state index contributed by atoms with van der Waals surface area (Å²) in [7, 11) is 0. The maximum atomic E-state index is 12.9. The van der Waals surface area contributed by atoms with Gasteiger partial charge in [0, 0.05) is 18.8 Å². The molecule has 1 unspecified atom stereocenters. The Balaban J connectivity index is 1.51. The van der Waals surface area contributed by atoms with Gasteiger partial charge in [0.05, 0.1) is 23.3 Å². The third-order valence-electron chi connectivity index (χ3n) is 4.88. The van der Waals surface area contributed by atoms with Gasteiger partial charge < -0.3 is 9.64 Å². The van der Waals surface area contributed by atoms with Crippen LogP contribution in [-0.4, -0.2) is 45.7 Å². The van der Waals surface area contributed by atoms with Gasteiger partial charge in [-0.15, -0.1) is 21.5 Å². The van der Waals surface area contributed by atoms with E-state index in [9.17, 15) is 4.79 Å². The zero-order valence-corrected chi connectivity index (χ0v) is 18.0. The van der Waals surface area contributed by atoms with Crippen molar-refractivity contribution < 1.29 is 9.53 Å². The van der Waals surface area contributed by atoms with E-state index in [1.807, 2.05) is 48.7 Å². The van der Waals surface area contributed by atoms with Gasteiger partial charge in [-0.1, -0.05) is 36.0 Å². The summed E-state index contributed by atoms with van der Waals surface area (Å²) in [4.78, 5) is 15.7. The van der Waals surface area contributed by atoms with Crippen LogP contribution in [0.5, 0.6) is 0 Å². The SMILES string of the molecule is CCN(C(=O)CSc1nnc(-c2cccs2)n1CC1CCCO1)c1ccccc1. The van der Waals surface area contributed by atoms with E-state index in [-0.39, 0.29) is 12.0 Å². The average Bonchev–Trinajstić information content (AvgIpc) is 3.51. The Morgan fingerprint density at radius 3 is 2.83 bits per heavy atom. The van der Waals surface area contributed by atoms with Crippen molar-refractivity contribution in [3.63, 3.8) is 0 Å². The molecule has 1 aliphatic heterocycles. The topological polar surface area (TPSA) is 60.2 Å². The lowest BCUT2D eigenvalue weighted by atomic mass is 10.2. The predicted molar refractivity (Wildman–Crippen MR) is 118 cm³/mol. The van der Waals surface area contributed by atoms with Crippen LogP contribution in [0.2, 0.25) is 0 Å². The zero-order chi connectivity index (χ0) is 20.1. The lowest BCUT2D eigenvalue weighted by molar-refractivity contribution is -0.116. The van der Waals surface area contributed by atoms with Crippen molar-refractivity contribution >= 4 is 34.7 Å². The molecule has 4 rings (SSSR count). The highest BCUT2D eigenvalue weighted by molar-refractivity contribution is 7.99. The maximum Gasteiger partial charge on any atom is 0.237 e. The summed E-state index contributed by atoms with van der Waals surface area (Å²) in [6.07, 6.45) is 2.31. The summed E-state index contributed by atoms with van der Waals surface area (Å²) in [5.41, 5.74) is 0.917. The van der Waals surface area contributed by atoms with Gasteiger partial charge >= 0.3 is 0 Å². The summed E-state index contributed by atoms with van der Waals surface area (Å²) in [5, 5.41) is 11.6. The average molecular weight is 429 g/mol. The van der Waals surface area contributed by atoms with E-state index in [1.54, 1.807) is 16.2 Å². The molecule has 1 atom stereocenters. The van der Waals surface area contributed by atoms with Gasteiger partial charge in [0.2, 0.25) is 5.91 Å². The van der Waals surface area contributed by atoms with Crippen LogP contribution in [0.3, 0.4) is 0 Å². The molecule has 3 aromatic rings. The van der Waals surface area contributed by atoms with Crippen LogP contribution in [0, 0.1) is 0 Å². The molecule has 3 heterocycles. The van der Waals surface area contributed by atoms with Crippen LogP contribution in [0.4, 0.5) is 5.69 Å². The van der Waals surface area contributed by atoms with Crippen LogP contribution in [0.15, 0.2) is 53.0 Å². The molecule has 152 valence electrons. The maximum absolute atomic E-state index is 12.9. The third-order valence-corrected chi connectivity index (χ3v) is 6.70. The van der Waals surface area contributed by atoms with Crippen molar-refractivity contribution in [3.05, 3.63) is 47.8 Å². The molecule has 0 N–H and O–H groups in total. The van der Waals surface area contributed by atoms with Crippen molar-refractivity contribution in [1.82, 2.24) is 14.8 Å². The Bertz CT molecular complexity index is 922. The number of para-hydroxylation sites is 1. The van der Waals surface area contributed by atoms with Crippen LogP contribution >= 0.6 is 23.1 Å². The zero-order valence-electron chi connectivity index (χ0n) is 16.4. The van der Waals surface area contributed by atoms with E-state index in [0.717, 1.165) is 41.0 Å². The van der Waals surface area contributed by atoms with Crippen molar-refractivity contribution in [3.8, 4) is 10.7 Å². The number of aromatic nitrogens is 3. The Morgan fingerprint density at radius 2 is 2.14 bits per heavy atom. The fourth-order valence-electron chi connectivity index (χ4n) is 3.46. The fourth-order valence-corrected chi connectivity index (χ4v) is 5.00. The first-order chi connectivity index (χ1) is 14.3. The molecular weight excluding hydrogens is 404 g/mol. The second kappa shape index (κ2) is 9.56. The molecule has 0 spiro atoms. The molecule has 0 bridgehead atoms. The largest absolute Gasteiger partial charge is 0.376 e. The molecule has 8 heteroatoms. The highest BCUT2D eigenvalue weighted by Gasteiger charge is 2.23. The van der Waals surface area contributed by atoms with Gasteiger partial charge in [-0.25, -0.2) is 0 Å². The Morgan fingerprint density at radius 1 is 1.28 bits per heavy atom. The molecule has 1 saturated heterocycles. The van der Waals surface area contributed by atoms with Gasteiger partial charge in [0.1, 0.15) is 0 Å². The molecule has 1 fully saturated rings. The number of carbonyl (C=O) groups excluding carboxylic acids is 1. The van der Waals surface area contributed by atoms with Crippen molar-refractivity contribution in [1.29, 1.82) is 0 Å². The van der Waals surface area contributed by atoms with Crippen molar-refractivity contribution in [2.45, 2.75) is 37.6 Å². The lowest BCUT2D eigenvalue weighted by Gasteiger charge is -2.21. The van der Waals surface area contributed by atoms with E-state index >= 15 is 0 Å². The minimum absolute atomic E-state index is 0.0630.